The Bertz CT molecular complexity index is 682. The highest BCUT2D eigenvalue weighted by molar-refractivity contribution is 7.86. The largest absolute Gasteiger partial charge is 0.419 e. The number of halogens is 1. The smallest absolute Gasteiger partial charge is 0.408 e. The Morgan fingerprint density at radius 3 is 2.67 bits per heavy atom. The van der Waals surface area contributed by atoms with Gasteiger partial charge in [-0.3, -0.25) is 4.57 Å². The zero-order valence-electron chi connectivity index (χ0n) is 7.60. The number of benzene rings is 1. The number of nitrogens with zero attached hydrogens (tertiary/aromatic N) is 1. The fourth-order valence-corrected chi connectivity index (χ4v) is 1.74. The molecule has 0 saturated carbocycles. The summed E-state index contributed by atoms with van der Waals surface area (Å²) in [6.07, 6.45) is 0. The topological polar surface area (TPSA) is 69.3 Å². The first-order valence-corrected chi connectivity index (χ1v) is 5.32. The minimum absolute atomic E-state index is 0.0428. The molecule has 0 amide bonds. The van der Waals surface area contributed by atoms with Crippen molar-refractivity contribution in [3.8, 4) is 0 Å². The van der Waals surface area contributed by atoms with E-state index in [-0.39, 0.29) is 5.58 Å². The van der Waals surface area contributed by atoms with E-state index in [0.29, 0.717) is 5.52 Å². The molecular formula is C8H6FNO4S. The lowest BCUT2D eigenvalue weighted by Crippen LogP contribution is -2.08. The lowest BCUT2D eigenvalue weighted by molar-refractivity contribution is 0.526. The van der Waals surface area contributed by atoms with Gasteiger partial charge in [0.15, 0.2) is 5.58 Å². The van der Waals surface area contributed by atoms with E-state index in [9.17, 15) is 17.1 Å². The Morgan fingerprint density at radius 2 is 2.07 bits per heavy atom. The fraction of sp³-hybridized carbons (Fsp3) is 0.125. The second kappa shape index (κ2) is 2.93. The summed E-state index contributed by atoms with van der Waals surface area (Å²) in [5.41, 5.74) is 0.452. The molecule has 2 aromatic rings. The lowest BCUT2D eigenvalue weighted by atomic mass is 10.3. The molecule has 0 aliphatic rings. The highest BCUT2D eigenvalue weighted by Crippen LogP contribution is 2.19. The van der Waals surface area contributed by atoms with E-state index >= 15 is 0 Å². The molecule has 0 N–H and O–H groups in total. The molecule has 0 bridgehead atoms. The average molecular weight is 231 g/mol. The van der Waals surface area contributed by atoms with Gasteiger partial charge < -0.3 is 4.42 Å². The van der Waals surface area contributed by atoms with Crippen molar-refractivity contribution < 1.29 is 16.7 Å². The second-order valence-electron chi connectivity index (χ2n) is 2.99. The van der Waals surface area contributed by atoms with Crippen LogP contribution < -0.4 is 5.76 Å². The first-order chi connectivity index (χ1) is 6.89. The molecule has 0 atom stereocenters. The van der Waals surface area contributed by atoms with Crippen LogP contribution in [0.3, 0.4) is 0 Å². The van der Waals surface area contributed by atoms with E-state index in [1.54, 1.807) is 0 Å². The van der Waals surface area contributed by atoms with Crippen LogP contribution in [-0.2, 0) is 17.3 Å². The molecule has 7 heteroatoms. The second-order valence-corrected chi connectivity index (χ2v) is 4.34. The minimum atomic E-state index is -4.77. The highest BCUT2D eigenvalue weighted by atomic mass is 32.3. The number of hydrogen-bond donors (Lipinski definition) is 0. The Balaban J connectivity index is 2.84. The van der Waals surface area contributed by atoms with Crippen LogP contribution in [0.1, 0.15) is 0 Å². The Hall–Kier alpha value is -1.63. The predicted molar refractivity (Wildman–Crippen MR) is 49.7 cm³/mol. The van der Waals surface area contributed by atoms with Gasteiger partial charge >= 0.3 is 16.0 Å². The van der Waals surface area contributed by atoms with E-state index in [0.717, 1.165) is 12.1 Å². The maximum Gasteiger partial charge on any atom is 0.419 e. The standard InChI is InChI=1S/C8H6FNO4S/c1-10-6-3-2-5(15(9,12)13)4-7(6)14-8(10)11/h2-4H,1H3. The Morgan fingerprint density at radius 1 is 1.40 bits per heavy atom. The van der Waals surface area contributed by atoms with Crippen molar-refractivity contribution in [1.82, 2.24) is 4.57 Å². The number of aryl methyl sites for hydroxylation is 1. The summed E-state index contributed by atoms with van der Waals surface area (Å²) < 4.78 is 39.7. The van der Waals surface area contributed by atoms with Crippen LogP contribution in [0.25, 0.3) is 11.1 Å². The molecule has 1 aromatic heterocycles. The van der Waals surface area contributed by atoms with Gasteiger partial charge in [0.25, 0.3) is 0 Å². The summed E-state index contributed by atoms with van der Waals surface area (Å²) in [6.45, 7) is 0. The molecule has 0 saturated heterocycles. The van der Waals surface area contributed by atoms with Crippen molar-refractivity contribution in [2.24, 2.45) is 7.05 Å². The van der Waals surface area contributed by atoms with E-state index in [1.807, 2.05) is 0 Å². The van der Waals surface area contributed by atoms with Gasteiger partial charge in [0, 0.05) is 13.1 Å². The molecule has 0 unspecified atom stereocenters. The number of aromatic nitrogens is 1. The lowest BCUT2D eigenvalue weighted by Gasteiger charge is -1.94. The summed E-state index contributed by atoms with van der Waals surface area (Å²) in [5, 5.41) is 0. The zero-order chi connectivity index (χ0) is 11.2. The Kier molecular flexibility index (Phi) is 1.93. The van der Waals surface area contributed by atoms with E-state index in [1.165, 1.54) is 17.7 Å². The third-order valence-electron chi connectivity index (χ3n) is 2.05. The SMILES string of the molecule is Cn1c(=O)oc2cc(S(=O)(=O)F)ccc21. The molecular weight excluding hydrogens is 225 g/mol. The summed E-state index contributed by atoms with van der Waals surface area (Å²) in [5.74, 6) is -0.626. The van der Waals surface area contributed by atoms with Crippen LogP contribution in [0.2, 0.25) is 0 Å². The molecule has 1 heterocycles. The summed E-state index contributed by atoms with van der Waals surface area (Å²) >= 11 is 0. The van der Waals surface area contributed by atoms with Gasteiger partial charge in [0.2, 0.25) is 0 Å². The third-order valence-corrected chi connectivity index (χ3v) is 2.86. The first-order valence-electron chi connectivity index (χ1n) is 3.94. The maximum absolute atomic E-state index is 12.6. The highest BCUT2D eigenvalue weighted by Gasteiger charge is 2.14. The van der Waals surface area contributed by atoms with Crippen LogP contribution in [0, 0.1) is 0 Å². The van der Waals surface area contributed by atoms with Gasteiger partial charge in [0.1, 0.15) is 4.90 Å². The van der Waals surface area contributed by atoms with Crippen LogP contribution in [-0.4, -0.2) is 13.0 Å². The molecule has 2 rings (SSSR count). The van der Waals surface area contributed by atoms with Crippen molar-refractivity contribution in [2.75, 3.05) is 0 Å². The minimum Gasteiger partial charge on any atom is -0.408 e. The van der Waals surface area contributed by atoms with Gasteiger partial charge in [-0.25, -0.2) is 4.79 Å². The quantitative estimate of drug-likeness (QED) is 0.680. The summed E-state index contributed by atoms with van der Waals surface area (Å²) in [7, 11) is -3.30. The molecule has 0 aliphatic carbocycles. The van der Waals surface area contributed by atoms with Crippen molar-refractivity contribution >= 4 is 21.3 Å². The first kappa shape index (κ1) is 9.91. The van der Waals surface area contributed by atoms with E-state index < -0.39 is 20.9 Å². The number of rotatable bonds is 1. The number of hydrogen-bond acceptors (Lipinski definition) is 4. The van der Waals surface area contributed by atoms with Crippen LogP contribution in [0.5, 0.6) is 0 Å². The summed E-state index contributed by atoms with van der Waals surface area (Å²) in [4.78, 5) is 10.5. The molecule has 0 fully saturated rings. The third kappa shape index (κ3) is 1.54. The van der Waals surface area contributed by atoms with Gasteiger partial charge in [-0.1, -0.05) is 0 Å². The fourth-order valence-electron chi connectivity index (χ4n) is 1.27. The maximum atomic E-state index is 12.6. The van der Waals surface area contributed by atoms with Crippen molar-refractivity contribution in [2.45, 2.75) is 4.90 Å². The predicted octanol–water partition coefficient (Wildman–Crippen LogP) is 0.790. The van der Waals surface area contributed by atoms with Crippen molar-refractivity contribution in [3.63, 3.8) is 0 Å². The van der Waals surface area contributed by atoms with Gasteiger partial charge in [-0.05, 0) is 12.1 Å². The van der Waals surface area contributed by atoms with Crippen molar-refractivity contribution in [1.29, 1.82) is 0 Å². The molecule has 1 aromatic carbocycles. The molecule has 80 valence electrons. The summed E-state index contributed by atoms with van der Waals surface area (Å²) in [6, 6.07) is 3.37. The van der Waals surface area contributed by atoms with Crippen LogP contribution in [0.4, 0.5) is 3.89 Å². The number of oxazole rings is 1. The van der Waals surface area contributed by atoms with Crippen LogP contribution >= 0.6 is 0 Å². The normalized spacial score (nSPS) is 12.1. The van der Waals surface area contributed by atoms with Crippen LogP contribution in [0.15, 0.2) is 32.3 Å². The molecule has 15 heavy (non-hydrogen) atoms. The Labute approximate surface area is 83.9 Å². The van der Waals surface area contributed by atoms with Crippen molar-refractivity contribution in [3.05, 3.63) is 28.7 Å². The average Bonchev–Trinajstić information content (AvgIpc) is 2.41. The molecule has 0 spiro atoms. The van der Waals surface area contributed by atoms with Gasteiger partial charge in [-0.2, -0.15) is 8.42 Å². The van der Waals surface area contributed by atoms with Gasteiger partial charge in [-0.15, -0.1) is 3.89 Å². The molecule has 5 nitrogen and oxygen atoms in total. The molecule has 0 aliphatic heterocycles. The van der Waals surface area contributed by atoms with E-state index in [4.69, 9.17) is 4.42 Å². The molecule has 0 radical (unpaired) electrons. The van der Waals surface area contributed by atoms with Gasteiger partial charge in [0.05, 0.1) is 5.52 Å². The monoisotopic (exact) mass is 231 g/mol. The zero-order valence-corrected chi connectivity index (χ0v) is 8.41. The van der Waals surface area contributed by atoms with E-state index in [2.05, 4.69) is 0 Å². The number of fused-ring (bicyclic) bond motifs is 1.